The van der Waals surface area contributed by atoms with Gasteiger partial charge in [0, 0.05) is 17.5 Å². The van der Waals surface area contributed by atoms with Crippen LogP contribution in [0.2, 0.25) is 0 Å². The normalized spacial score (nSPS) is 29.8. The molecule has 2 N–H and O–H groups in total. The number of hydrogen-bond acceptors (Lipinski definition) is 5. The van der Waals surface area contributed by atoms with Crippen molar-refractivity contribution in [2.45, 2.75) is 55.7 Å². The lowest BCUT2D eigenvalue weighted by molar-refractivity contribution is -0.149. The van der Waals surface area contributed by atoms with E-state index in [0.29, 0.717) is 12.8 Å². The molecule has 1 spiro atoms. The Labute approximate surface area is 233 Å². The molecule has 7 atom stereocenters. The molecule has 3 aliphatic rings. The van der Waals surface area contributed by atoms with E-state index in [4.69, 9.17) is 0 Å². The summed E-state index contributed by atoms with van der Waals surface area (Å²) in [7, 11) is 0. The van der Waals surface area contributed by atoms with E-state index in [-0.39, 0.29) is 36.1 Å². The van der Waals surface area contributed by atoms with E-state index in [2.05, 4.69) is 6.58 Å². The number of carboxylic acid groups (broad SMARTS) is 1. The molecule has 0 aromatic heterocycles. The number of aliphatic hydroxyl groups is 1. The van der Waals surface area contributed by atoms with Gasteiger partial charge in [0.25, 0.3) is 5.91 Å². The Balaban J connectivity index is 1.67. The fourth-order valence-electron chi connectivity index (χ4n) is 7.35. The summed E-state index contributed by atoms with van der Waals surface area (Å²) in [6.45, 7) is 9.76. The molecule has 3 fully saturated rings. The monoisotopic (exact) mass is 548 g/mol. The van der Waals surface area contributed by atoms with Crippen LogP contribution in [0.15, 0.2) is 61.2 Å². The minimum atomic E-state index is -0.992. The number of para-hydroxylation sites is 1. The second kappa shape index (κ2) is 10.5. The molecule has 3 aliphatic heterocycles. The van der Waals surface area contributed by atoms with Gasteiger partial charge in [0.15, 0.2) is 0 Å². The van der Waals surface area contributed by atoms with Gasteiger partial charge in [-0.1, -0.05) is 61.5 Å². The standard InChI is InChI=1S/C31H36N2O5S/c1-5-14-32(26-18(2)10-9-11-19(26)3)29(36)27-31-20(4)15-23(39-31)24(30(37)38)25(31)28(35)33(27)22(17-34)16-21-12-7-6-8-13-21/h5-13,20,22-25,27,34H,1,14-17H2,2-4H3,(H,37,38)/t20?,22-,23+,24-,25+,27?,31?/m1/s1. The Hall–Kier alpha value is -3.10. The van der Waals surface area contributed by atoms with Gasteiger partial charge in [-0.25, -0.2) is 0 Å². The van der Waals surface area contributed by atoms with Crippen LogP contribution < -0.4 is 4.90 Å². The SMILES string of the molecule is C=CCN(C(=O)C1N([C@@H](CO)Cc2ccccc2)C(=O)[C@@H]2[C@H](C(=O)O)[C@@H]3CC(C)C12S3)c1c(C)cccc1C. The lowest BCUT2D eigenvalue weighted by Crippen LogP contribution is -2.59. The van der Waals surface area contributed by atoms with Gasteiger partial charge in [-0.05, 0) is 49.3 Å². The predicted octanol–water partition coefficient (Wildman–Crippen LogP) is 3.85. The van der Waals surface area contributed by atoms with Crippen molar-refractivity contribution in [2.24, 2.45) is 17.8 Å². The van der Waals surface area contributed by atoms with Crippen LogP contribution in [0.5, 0.6) is 0 Å². The highest BCUT2D eigenvalue weighted by atomic mass is 32.2. The number of rotatable bonds is 9. The zero-order chi connectivity index (χ0) is 28.1. The number of fused-ring (bicyclic) bond motifs is 1. The molecule has 0 radical (unpaired) electrons. The van der Waals surface area contributed by atoms with E-state index in [9.17, 15) is 24.6 Å². The number of carboxylic acids is 1. The van der Waals surface area contributed by atoms with Gasteiger partial charge >= 0.3 is 5.97 Å². The highest BCUT2D eigenvalue weighted by Crippen LogP contribution is 2.69. The summed E-state index contributed by atoms with van der Waals surface area (Å²) in [4.78, 5) is 45.0. The smallest absolute Gasteiger partial charge is 0.308 e. The highest BCUT2D eigenvalue weighted by molar-refractivity contribution is 8.02. The van der Waals surface area contributed by atoms with Crippen molar-refractivity contribution in [2.75, 3.05) is 18.1 Å². The lowest BCUT2D eigenvalue weighted by atomic mass is 9.66. The molecule has 206 valence electrons. The Bertz CT molecular complexity index is 1280. The molecule has 2 aromatic carbocycles. The topological polar surface area (TPSA) is 98.2 Å². The Morgan fingerprint density at radius 1 is 1.18 bits per heavy atom. The van der Waals surface area contributed by atoms with Gasteiger partial charge in [-0.3, -0.25) is 14.4 Å². The van der Waals surface area contributed by atoms with Crippen LogP contribution in [0, 0.1) is 31.6 Å². The quantitative estimate of drug-likeness (QED) is 0.462. The van der Waals surface area contributed by atoms with Gasteiger partial charge in [-0.15, -0.1) is 18.3 Å². The van der Waals surface area contributed by atoms with E-state index in [1.807, 2.05) is 69.3 Å². The summed E-state index contributed by atoms with van der Waals surface area (Å²) in [5.74, 6) is -3.30. The minimum absolute atomic E-state index is 0.0457. The second-order valence-electron chi connectivity index (χ2n) is 11.1. The maximum absolute atomic E-state index is 14.9. The summed E-state index contributed by atoms with van der Waals surface area (Å²) < 4.78 is -0.887. The fourth-order valence-corrected chi connectivity index (χ4v) is 9.75. The molecule has 3 saturated heterocycles. The molecule has 5 rings (SSSR count). The van der Waals surface area contributed by atoms with Crippen molar-refractivity contribution in [1.29, 1.82) is 0 Å². The third-order valence-electron chi connectivity index (χ3n) is 8.91. The third kappa shape index (κ3) is 4.19. The maximum Gasteiger partial charge on any atom is 0.308 e. The lowest BCUT2D eigenvalue weighted by Gasteiger charge is -2.42. The number of thioether (sulfide) groups is 1. The zero-order valence-electron chi connectivity index (χ0n) is 22.6. The van der Waals surface area contributed by atoms with Crippen LogP contribution in [-0.2, 0) is 20.8 Å². The van der Waals surface area contributed by atoms with Crippen molar-refractivity contribution < 1.29 is 24.6 Å². The van der Waals surface area contributed by atoms with Crippen molar-refractivity contribution in [1.82, 2.24) is 4.90 Å². The molecular formula is C31H36N2O5S. The number of hydrogen-bond donors (Lipinski definition) is 2. The molecule has 8 heteroatoms. The highest BCUT2D eigenvalue weighted by Gasteiger charge is 2.77. The first-order chi connectivity index (χ1) is 18.7. The number of amides is 2. The predicted molar refractivity (Wildman–Crippen MR) is 153 cm³/mol. The van der Waals surface area contributed by atoms with Gasteiger partial charge < -0.3 is 20.0 Å². The number of aliphatic hydroxyl groups excluding tert-OH is 1. The van der Waals surface area contributed by atoms with E-state index in [1.165, 1.54) is 11.8 Å². The van der Waals surface area contributed by atoms with E-state index in [1.54, 1.807) is 15.9 Å². The summed E-state index contributed by atoms with van der Waals surface area (Å²) in [5.41, 5.74) is 3.57. The average molecular weight is 549 g/mol. The molecule has 3 heterocycles. The number of carbonyl (C=O) groups excluding carboxylic acids is 2. The third-order valence-corrected chi connectivity index (χ3v) is 11.0. The maximum atomic E-state index is 14.9. The van der Waals surface area contributed by atoms with Crippen LogP contribution in [0.3, 0.4) is 0 Å². The fraction of sp³-hybridized carbons (Fsp3) is 0.452. The van der Waals surface area contributed by atoms with Crippen molar-refractivity contribution >= 4 is 35.2 Å². The van der Waals surface area contributed by atoms with Crippen molar-refractivity contribution in [3.63, 3.8) is 0 Å². The Morgan fingerprint density at radius 3 is 2.44 bits per heavy atom. The molecule has 3 unspecified atom stereocenters. The van der Waals surface area contributed by atoms with Crippen molar-refractivity contribution in [3.8, 4) is 0 Å². The molecule has 2 aromatic rings. The number of aliphatic carboxylic acids is 1. The number of carbonyl (C=O) groups is 3. The second-order valence-corrected chi connectivity index (χ2v) is 12.7. The molecule has 0 aliphatic carbocycles. The van der Waals surface area contributed by atoms with Crippen LogP contribution in [0.4, 0.5) is 5.69 Å². The number of benzene rings is 2. The largest absolute Gasteiger partial charge is 0.481 e. The average Bonchev–Trinajstić information content (AvgIpc) is 3.50. The summed E-state index contributed by atoms with van der Waals surface area (Å²) in [6, 6.07) is 13.8. The van der Waals surface area contributed by atoms with Gasteiger partial charge in [0.2, 0.25) is 5.91 Å². The number of likely N-dealkylation sites (tertiary alicyclic amines) is 1. The first-order valence-corrected chi connectivity index (χ1v) is 14.4. The number of aryl methyl sites for hydroxylation is 2. The molecule has 39 heavy (non-hydrogen) atoms. The molecule has 7 nitrogen and oxygen atoms in total. The molecule has 2 bridgehead atoms. The molecule has 0 saturated carbocycles. The van der Waals surface area contributed by atoms with Crippen LogP contribution in [0.25, 0.3) is 0 Å². The van der Waals surface area contributed by atoms with Crippen LogP contribution in [-0.4, -0.2) is 68.1 Å². The Kier molecular flexibility index (Phi) is 7.37. The van der Waals surface area contributed by atoms with Gasteiger partial charge in [0.1, 0.15) is 6.04 Å². The Morgan fingerprint density at radius 2 is 1.85 bits per heavy atom. The minimum Gasteiger partial charge on any atom is -0.481 e. The van der Waals surface area contributed by atoms with E-state index < -0.39 is 34.6 Å². The first kappa shape index (κ1) is 27.5. The van der Waals surface area contributed by atoms with E-state index >= 15 is 0 Å². The first-order valence-electron chi connectivity index (χ1n) is 13.5. The zero-order valence-corrected chi connectivity index (χ0v) is 23.4. The summed E-state index contributed by atoms with van der Waals surface area (Å²) in [6.07, 6.45) is 2.67. The van der Waals surface area contributed by atoms with Crippen LogP contribution >= 0.6 is 11.8 Å². The van der Waals surface area contributed by atoms with Gasteiger partial charge in [0.05, 0.1) is 29.2 Å². The molecule has 2 amide bonds. The van der Waals surface area contributed by atoms with E-state index in [0.717, 1.165) is 22.4 Å². The summed E-state index contributed by atoms with van der Waals surface area (Å²) in [5, 5.41) is 20.6. The van der Waals surface area contributed by atoms with Crippen LogP contribution in [0.1, 0.15) is 30.0 Å². The number of anilines is 1. The van der Waals surface area contributed by atoms with Gasteiger partial charge in [-0.2, -0.15) is 0 Å². The number of nitrogens with zero attached hydrogens (tertiary/aromatic N) is 2. The van der Waals surface area contributed by atoms with Crippen molar-refractivity contribution in [3.05, 3.63) is 77.9 Å². The molecular weight excluding hydrogens is 512 g/mol. The summed E-state index contributed by atoms with van der Waals surface area (Å²) >= 11 is 1.51.